The Morgan fingerprint density at radius 2 is 1.84 bits per heavy atom. The highest BCUT2D eigenvalue weighted by molar-refractivity contribution is 7.92. The first-order valence-corrected chi connectivity index (χ1v) is 11.9. The predicted molar refractivity (Wildman–Crippen MR) is 121 cm³/mol. The zero-order valence-electron chi connectivity index (χ0n) is 17.2. The molecular formula is C22H20N6O3S. The number of carbonyl (C=O) groups excluding carboxylic acids is 1. The van der Waals surface area contributed by atoms with E-state index < -0.39 is 10.0 Å². The van der Waals surface area contributed by atoms with Crippen LogP contribution in [0, 0.1) is 5.92 Å². The van der Waals surface area contributed by atoms with Gasteiger partial charge in [-0.3, -0.25) is 10.1 Å². The number of pyridine rings is 2. The molecule has 1 amide bonds. The lowest BCUT2D eigenvalue weighted by Crippen LogP contribution is -2.25. The molecule has 1 N–H and O–H groups in total. The van der Waals surface area contributed by atoms with Crippen molar-refractivity contribution in [1.29, 1.82) is 0 Å². The van der Waals surface area contributed by atoms with Crippen molar-refractivity contribution in [1.82, 2.24) is 19.6 Å². The molecule has 162 valence electrons. The Morgan fingerprint density at radius 3 is 2.50 bits per heavy atom. The Bertz CT molecular complexity index is 1400. The Hall–Kier alpha value is -3.79. The van der Waals surface area contributed by atoms with Gasteiger partial charge >= 0.3 is 0 Å². The highest BCUT2D eigenvalue weighted by Gasteiger charge is 2.30. The van der Waals surface area contributed by atoms with Crippen LogP contribution < -0.4 is 9.62 Å². The van der Waals surface area contributed by atoms with E-state index in [1.54, 1.807) is 53.2 Å². The fourth-order valence-electron chi connectivity index (χ4n) is 3.45. The fraction of sp³-hybridized carbons (Fsp3) is 0.182. The molecular weight excluding hydrogens is 428 g/mol. The monoisotopic (exact) mass is 448 g/mol. The molecule has 0 atom stereocenters. The fourth-order valence-corrected chi connectivity index (χ4v) is 4.40. The third-order valence-corrected chi connectivity index (χ3v) is 6.18. The average Bonchev–Trinajstić information content (AvgIpc) is 3.54. The second kappa shape index (κ2) is 7.72. The van der Waals surface area contributed by atoms with Crippen molar-refractivity contribution in [3.8, 4) is 11.3 Å². The van der Waals surface area contributed by atoms with Gasteiger partial charge in [0.1, 0.15) is 5.82 Å². The number of hydrogen-bond acceptors (Lipinski definition) is 6. The maximum absolute atomic E-state index is 12.4. The first kappa shape index (κ1) is 20.1. The number of nitrogens with zero attached hydrogens (tertiary/aromatic N) is 5. The molecule has 0 spiro atoms. The minimum atomic E-state index is -3.59. The van der Waals surface area contributed by atoms with Gasteiger partial charge in [0, 0.05) is 17.7 Å². The molecule has 4 aromatic rings. The Labute approximate surface area is 184 Å². The van der Waals surface area contributed by atoms with Gasteiger partial charge in [0.15, 0.2) is 5.65 Å². The Kier molecular flexibility index (Phi) is 4.86. The van der Waals surface area contributed by atoms with Gasteiger partial charge in [0.05, 0.1) is 17.6 Å². The van der Waals surface area contributed by atoms with Crippen LogP contribution in [0.25, 0.3) is 16.9 Å². The molecule has 0 radical (unpaired) electrons. The van der Waals surface area contributed by atoms with E-state index >= 15 is 0 Å². The number of aromatic nitrogens is 4. The van der Waals surface area contributed by atoms with Gasteiger partial charge in [0.25, 0.3) is 0 Å². The van der Waals surface area contributed by atoms with Crippen LogP contribution in [0.2, 0.25) is 0 Å². The van der Waals surface area contributed by atoms with Crippen LogP contribution >= 0.6 is 0 Å². The van der Waals surface area contributed by atoms with E-state index in [-0.39, 0.29) is 23.6 Å². The van der Waals surface area contributed by atoms with Crippen molar-refractivity contribution in [2.24, 2.45) is 5.92 Å². The quantitative estimate of drug-likeness (QED) is 0.485. The number of nitrogens with one attached hydrogen (secondary N) is 1. The van der Waals surface area contributed by atoms with E-state index in [4.69, 9.17) is 0 Å². The number of fused-ring (bicyclic) bond motifs is 1. The minimum Gasteiger partial charge on any atom is -0.293 e. The third-order valence-electron chi connectivity index (χ3n) is 5.12. The van der Waals surface area contributed by atoms with Crippen molar-refractivity contribution < 1.29 is 13.2 Å². The number of carbonyl (C=O) groups is 1. The molecule has 0 bridgehead atoms. The molecule has 10 heteroatoms. The number of sulfonamides is 1. The SMILES string of the molecule is CS(=O)(=O)N(c1ccccc1)c1ccc(-c2cccc3nc(NC(=O)C4CC4)nn23)cn1. The molecule has 1 aliphatic rings. The van der Waals surface area contributed by atoms with Crippen LogP contribution in [0.1, 0.15) is 12.8 Å². The lowest BCUT2D eigenvalue weighted by molar-refractivity contribution is -0.117. The lowest BCUT2D eigenvalue weighted by Gasteiger charge is -2.21. The summed E-state index contributed by atoms with van der Waals surface area (Å²) in [5.74, 6) is 0.535. The number of para-hydroxylation sites is 1. The summed E-state index contributed by atoms with van der Waals surface area (Å²) in [7, 11) is -3.59. The highest BCUT2D eigenvalue weighted by atomic mass is 32.2. The molecule has 1 saturated carbocycles. The minimum absolute atomic E-state index is 0.0558. The zero-order chi connectivity index (χ0) is 22.3. The molecule has 1 fully saturated rings. The number of anilines is 3. The summed E-state index contributed by atoms with van der Waals surface area (Å²) in [5.41, 5.74) is 2.53. The molecule has 3 aromatic heterocycles. The topological polar surface area (TPSA) is 110 Å². The van der Waals surface area contributed by atoms with Gasteiger partial charge in [-0.2, -0.15) is 4.98 Å². The van der Waals surface area contributed by atoms with E-state index in [9.17, 15) is 13.2 Å². The normalized spacial score (nSPS) is 13.8. The van der Waals surface area contributed by atoms with E-state index in [2.05, 4.69) is 20.4 Å². The van der Waals surface area contributed by atoms with Crippen molar-refractivity contribution in [3.05, 3.63) is 66.9 Å². The molecule has 32 heavy (non-hydrogen) atoms. The first-order chi connectivity index (χ1) is 15.4. The van der Waals surface area contributed by atoms with Gasteiger partial charge in [-0.1, -0.05) is 24.3 Å². The summed E-state index contributed by atoms with van der Waals surface area (Å²) in [4.78, 5) is 20.8. The van der Waals surface area contributed by atoms with Crippen LogP contribution in [0.4, 0.5) is 17.5 Å². The summed E-state index contributed by atoms with van der Waals surface area (Å²) >= 11 is 0. The maximum atomic E-state index is 12.4. The Balaban J connectivity index is 1.49. The predicted octanol–water partition coefficient (Wildman–Crippen LogP) is 3.24. The van der Waals surface area contributed by atoms with Crippen LogP contribution in [0.15, 0.2) is 66.9 Å². The van der Waals surface area contributed by atoms with E-state index in [1.807, 2.05) is 18.2 Å². The molecule has 9 nitrogen and oxygen atoms in total. The third kappa shape index (κ3) is 3.92. The van der Waals surface area contributed by atoms with Crippen LogP contribution in [0.5, 0.6) is 0 Å². The molecule has 5 rings (SSSR count). The van der Waals surface area contributed by atoms with E-state index in [1.165, 1.54) is 4.31 Å². The summed E-state index contributed by atoms with van der Waals surface area (Å²) in [5, 5.41) is 7.18. The zero-order valence-corrected chi connectivity index (χ0v) is 18.0. The second-order valence-electron chi connectivity index (χ2n) is 7.65. The first-order valence-electron chi connectivity index (χ1n) is 10.1. The van der Waals surface area contributed by atoms with Crippen LogP contribution in [-0.4, -0.2) is 40.2 Å². The van der Waals surface area contributed by atoms with Crippen molar-refractivity contribution in [2.75, 3.05) is 15.9 Å². The van der Waals surface area contributed by atoms with Crippen molar-refractivity contribution >= 4 is 39.0 Å². The molecule has 1 aromatic carbocycles. The largest absolute Gasteiger partial charge is 0.293 e. The number of rotatable bonds is 6. The second-order valence-corrected chi connectivity index (χ2v) is 9.48. The number of benzene rings is 1. The summed E-state index contributed by atoms with van der Waals surface area (Å²) in [6.45, 7) is 0. The van der Waals surface area contributed by atoms with Gasteiger partial charge in [0.2, 0.25) is 21.9 Å². The van der Waals surface area contributed by atoms with E-state index in [0.717, 1.165) is 24.7 Å². The van der Waals surface area contributed by atoms with Gasteiger partial charge in [-0.05, 0) is 49.2 Å². The number of hydrogen-bond donors (Lipinski definition) is 1. The van der Waals surface area contributed by atoms with Gasteiger partial charge < -0.3 is 0 Å². The molecule has 0 saturated heterocycles. The summed E-state index contributed by atoms with van der Waals surface area (Å²) in [6.07, 6.45) is 4.53. The van der Waals surface area contributed by atoms with Crippen LogP contribution in [-0.2, 0) is 14.8 Å². The van der Waals surface area contributed by atoms with Crippen molar-refractivity contribution in [3.63, 3.8) is 0 Å². The number of amides is 1. The summed E-state index contributed by atoms with van der Waals surface area (Å²) in [6, 6.07) is 17.7. The van der Waals surface area contributed by atoms with E-state index in [0.29, 0.717) is 17.0 Å². The molecule has 1 aliphatic carbocycles. The van der Waals surface area contributed by atoms with Gasteiger partial charge in [-0.15, -0.1) is 5.10 Å². The highest BCUT2D eigenvalue weighted by Crippen LogP contribution is 2.30. The Morgan fingerprint density at radius 1 is 1.06 bits per heavy atom. The molecule has 0 unspecified atom stereocenters. The van der Waals surface area contributed by atoms with Gasteiger partial charge in [-0.25, -0.2) is 22.2 Å². The maximum Gasteiger partial charge on any atom is 0.249 e. The molecule has 3 heterocycles. The lowest BCUT2D eigenvalue weighted by atomic mass is 10.2. The van der Waals surface area contributed by atoms with Crippen LogP contribution in [0.3, 0.4) is 0 Å². The standard InChI is InChI=1S/C22H20N6O3S/c1-32(30,31)28(17-6-3-2-4-7-17)19-13-12-16(14-23-19)18-8-5-9-20-24-22(26-27(18)20)25-21(29)15-10-11-15/h2-9,12-15H,10-11H2,1H3,(H,25,26,29). The summed E-state index contributed by atoms with van der Waals surface area (Å²) < 4.78 is 27.7. The average molecular weight is 449 g/mol. The van der Waals surface area contributed by atoms with Crippen molar-refractivity contribution in [2.45, 2.75) is 12.8 Å². The smallest absolute Gasteiger partial charge is 0.249 e. The molecule has 0 aliphatic heterocycles.